The Kier molecular flexibility index (Phi) is 7.30. The Morgan fingerprint density at radius 2 is 1.66 bits per heavy atom. The number of hydrogen-bond acceptors (Lipinski definition) is 5. The van der Waals surface area contributed by atoms with Crippen molar-refractivity contribution in [3.05, 3.63) is 94.6 Å². The number of rotatable bonds is 7. The van der Waals surface area contributed by atoms with Gasteiger partial charge in [-0.15, -0.1) is 0 Å². The molecule has 5 rings (SSSR count). The maximum absolute atomic E-state index is 12.9. The van der Waals surface area contributed by atoms with Gasteiger partial charge in [-0.05, 0) is 74.6 Å². The van der Waals surface area contributed by atoms with Crippen molar-refractivity contribution in [3.63, 3.8) is 0 Å². The van der Waals surface area contributed by atoms with Gasteiger partial charge in [0.05, 0.1) is 30.9 Å². The average molecular weight is 531 g/mol. The van der Waals surface area contributed by atoms with Crippen LogP contribution in [0.5, 0.6) is 11.5 Å². The van der Waals surface area contributed by atoms with Gasteiger partial charge in [-0.2, -0.15) is 0 Å². The molecule has 0 radical (unpaired) electrons. The zero-order valence-electron chi connectivity index (χ0n) is 22.3. The number of aliphatic imine (C=N–C) groups is 1. The van der Waals surface area contributed by atoms with Crippen LogP contribution in [0.25, 0.3) is 0 Å². The fourth-order valence-corrected chi connectivity index (χ4v) is 6.46. The summed E-state index contributed by atoms with van der Waals surface area (Å²) < 4.78 is 39.7. The molecular weight excluding hydrogens is 496 g/mol. The third-order valence-electron chi connectivity index (χ3n) is 7.59. The summed E-state index contributed by atoms with van der Waals surface area (Å²) in [6.45, 7) is 4.14. The molecule has 0 spiro atoms. The molecule has 3 aromatic rings. The average Bonchev–Trinajstić information content (AvgIpc) is 3.14. The van der Waals surface area contributed by atoms with Crippen LogP contribution in [-0.4, -0.2) is 34.4 Å². The lowest BCUT2D eigenvalue weighted by Crippen LogP contribution is -2.26. The van der Waals surface area contributed by atoms with E-state index in [9.17, 15) is 8.42 Å². The largest absolute Gasteiger partial charge is 0.493 e. The van der Waals surface area contributed by atoms with Gasteiger partial charge in [-0.1, -0.05) is 48.4 Å². The minimum atomic E-state index is -3.68. The summed E-state index contributed by atoms with van der Waals surface area (Å²) in [7, 11) is -0.370. The summed E-state index contributed by atoms with van der Waals surface area (Å²) in [5.74, 6) is 1.66. The summed E-state index contributed by atoms with van der Waals surface area (Å²) in [5, 5.41) is 0. The van der Waals surface area contributed by atoms with Crippen LogP contribution in [0.3, 0.4) is 0 Å². The highest BCUT2D eigenvalue weighted by Crippen LogP contribution is 2.44. The topological polar surface area (TPSA) is 77.0 Å². The summed E-state index contributed by atoms with van der Waals surface area (Å²) >= 11 is 0. The van der Waals surface area contributed by atoms with Crippen LogP contribution >= 0.6 is 0 Å². The molecule has 1 aliphatic carbocycles. The standard InChI is InChI=1S/C31H34N2O4S/c1-5-21-8-16-25-26-18-29(36-3)30(37-4)19-27(26)31(32-28(25)17-9-21)22-10-12-23(13-11-22)33-38(34,35)24-14-6-20(2)7-15-24/h6-8,10-15,18-19,25,28,33H,5,9,16-17H2,1-4H3/t25-,28-/m1/s1. The summed E-state index contributed by atoms with van der Waals surface area (Å²) in [4.78, 5) is 5.52. The minimum Gasteiger partial charge on any atom is -0.493 e. The second kappa shape index (κ2) is 10.7. The lowest BCUT2D eigenvalue weighted by atomic mass is 9.79. The van der Waals surface area contributed by atoms with E-state index in [1.165, 1.54) is 11.1 Å². The Hall–Kier alpha value is -3.58. The maximum atomic E-state index is 12.9. The molecule has 0 aromatic heterocycles. The Morgan fingerprint density at radius 3 is 2.32 bits per heavy atom. The fraction of sp³-hybridized carbons (Fsp3) is 0.323. The van der Waals surface area contributed by atoms with E-state index in [1.54, 1.807) is 50.6 Å². The number of methoxy groups -OCH3 is 2. The molecule has 7 heteroatoms. The zero-order valence-corrected chi connectivity index (χ0v) is 23.1. The molecule has 0 bridgehead atoms. The van der Waals surface area contributed by atoms with Gasteiger partial charge in [-0.3, -0.25) is 9.71 Å². The molecule has 0 saturated carbocycles. The van der Waals surface area contributed by atoms with Crippen molar-refractivity contribution < 1.29 is 17.9 Å². The predicted octanol–water partition coefficient (Wildman–Crippen LogP) is 6.64. The molecule has 2 aliphatic rings. The number of ether oxygens (including phenoxy) is 2. The second-order valence-corrected chi connectivity index (χ2v) is 11.6. The van der Waals surface area contributed by atoms with E-state index in [-0.39, 0.29) is 16.9 Å². The number of aryl methyl sites for hydroxylation is 1. The number of anilines is 1. The highest BCUT2D eigenvalue weighted by atomic mass is 32.2. The molecule has 0 amide bonds. The van der Waals surface area contributed by atoms with Crippen LogP contribution in [-0.2, 0) is 10.0 Å². The molecule has 2 atom stereocenters. The van der Waals surface area contributed by atoms with Gasteiger partial charge < -0.3 is 9.47 Å². The smallest absolute Gasteiger partial charge is 0.261 e. The first-order chi connectivity index (χ1) is 18.3. The number of nitrogens with zero attached hydrogens (tertiary/aromatic N) is 1. The van der Waals surface area contributed by atoms with Gasteiger partial charge in [0.15, 0.2) is 11.5 Å². The van der Waals surface area contributed by atoms with Gasteiger partial charge >= 0.3 is 0 Å². The fourth-order valence-electron chi connectivity index (χ4n) is 5.40. The normalized spacial score (nSPS) is 18.8. The van der Waals surface area contributed by atoms with E-state index < -0.39 is 10.0 Å². The third kappa shape index (κ3) is 5.07. The van der Waals surface area contributed by atoms with Crippen molar-refractivity contribution >= 4 is 21.4 Å². The Bertz CT molecular complexity index is 1490. The van der Waals surface area contributed by atoms with E-state index in [0.29, 0.717) is 11.4 Å². The van der Waals surface area contributed by atoms with Crippen LogP contribution < -0.4 is 14.2 Å². The SMILES string of the molecule is CCC1=CC[C@@H]2c3cc(OC)c(OC)cc3C(c3ccc(NS(=O)(=O)c4ccc(C)cc4)cc3)=N[C@@H]2CC1. The van der Waals surface area contributed by atoms with Crippen molar-refractivity contribution in [2.75, 3.05) is 18.9 Å². The van der Waals surface area contributed by atoms with Crippen molar-refractivity contribution in [1.29, 1.82) is 0 Å². The van der Waals surface area contributed by atoms with Crippen molar-refractivity contribution in [2.24, 2.45) is 4.99 Å². The predicted molar refractivity (Wildman–Crippen MR) is 152 cm³/mol. The number of fused-ring (bicyclic) bond motifs is 3. The lowest BCUT2D eigenvalue weighted by molar-refractivity contribution is 0.353. The molecule has 38 heavy (non-hydrogen) atoms. The molecule has 3 aromatic carbocycles. The Labute approximate surface area is 225 Å². The molecule has 6 nitrogen and oxygen atoms in total. The van der Waals surface area contributed by atoms with Crippen LogP contribution in [0.15, 0.2) is 82.2 Å². The quantitative estimate of drug-likeness (QED) is 0.348. The molecule has 0 unspecified atom stereocenters. The third-order valence-corrected chi connectivity index (χ3v) is 8.98. The van der Waals surface area contributed by atoms with E-state index in [1.807, 2.05) is 25.1 Å². The molecule has 0 fully saturated rings. The van der Waals surface area contributed by atoms with Crippen molar-refractivity contribution in [1.82, 2.24) is 0 Å². The van der Waals surface area contributed by atoms with Crippen LogP contribution in [0.2, 0.25) is 0 Å². The summed E-state index contributed by atoms with van der Waals surface area (Å²) in [6.07, 6.45) is 6.45. The number of allylic oxidation sites excluding steroid dienone is 2. The van der Waals surface area contributed by atoms with Gasteiger partial charge in [0.25, 0.3) is 10.0 Å². The van der Waals surface area contributed by atoms with Crippen LogP contribution in [0.4, 0.5) is 5.69 Å². The van der Waals surface area contributed by atoms with Crippen LogP contribution in [0, 0.1) is 6.92 Å². The number of sulfonamides is 1. The molecule has 0 saturated heterocycles. The lowest BCUT2D eigenvalue weighted by Gasteiger charge is -2.31. The molecular formula is C31H34N2O4S. The molecule has 1 N–H and O–H groups in total. The first-order valence-corrected chi connectivity index (χ1v) is 14.5. The van der Waals surface area contributed by atoms with E-state index in [4.69, 9.17) is 14.5 Å². The highest BCUT2D eigenvalue weighted by Gasteiger charge is 2.33. The zero-order chi connectivity index (χ0) is 26.9. The van der Waals surface area contributed by atoms with E-state index in [2.05, 4.69) is 23.8 Å². The Balaban J connectivity index is 1.51. The Morgan fingerprint density at radius 1 is 0.974 bits per heavy atom. The molecule has 1 aliphatic heterocycles. The minimum absolute atomic E-state index is 0.163. The van der Waals surface area contributed by atoms with E-state index >= 15 is 0 Å². The molecule has 198 valence electrons. The summed E-state index contributed by atoms with van der Waals surface area (Å²) in [6, 6.07) is 18.5. The van der Waals surface area contributed by atoms with Crippen molar-refractivity contribution in [3.8, 4) is 11.5 Å². The number of benzene rings is 3. The first-order valence-electron chi connectivity index (χ1n) is 13.0. The van der Waals surface area contributed by atoms with Gasteiger partial charge in [0.1, 0.15) is 0 Å². The number of hydrogen-bond donors (Lipinski definition) is 1. The second-order valence-electron chi connectivity index (χ2n) is 9.93. The number of nitrogens with one attached hydrogen (secondary N) is 1. The maximum Gasteiger partial charge on any atom is 0.261 e. The molecule has 1 heterocycles. The first kappa shape index (κ1) is 26.0. The monoisotopic (exact) mass is 530 g/mol. The van der Waals surface area contributed by atoms with E-state index in [0.717, 1.165) is 53.8 Å². The summed E-state index contributed by atoms with van der Waals surface area (Å²) in [5.41, 5.74) is 7.08. The van der Waals surface area contributed by atoms with Crippen molar-refractivity contribution in [2.45, 2.75) is 56.4 Å². The van der Waals surface area contributed by atoms with Gasteiger partial charge in [0.2, 0.25) is 0 Å². The van der Waals surface area contributed by atoms with Gasteiger partial charge in [0, 0.05) is 22.7 Å². The van der Waals surface area contributed by atoms with Gasteiger partial charge in [-0.25, -0.2) is 8.42 Å². The highest BCUT2D eigenvalue weighted by molar-refractivity contribution is 7.92. The van der Waals surface area contributed by atoms with Crippen LogP contribution in [0.1, 0.15) is 60.8 Å².